The van der Waals surface area contributed by atoms with Crippen LogP contribution in [-0.2, 0) is 23.4 Å². The monoisotopic (exact) mass is 405 g/mol. The molecule has 0 saturated heterocycles. The second kappa shape index (κ2) is 7.29. The molecule has 0 N–H and O–H groups in total. The summed E-state index contributed by atoms with van der Waals surface area (Å²) in [5.74, 6) is 0.865. The molecule has 4 rings (SSSR count). The highest BCUT2D eigenvalue weighted by atomic mass is 16.6. The Bertz CT molecular complexity index is 1120. The van der Waals surface area contributed by atoms with Gasteiger partial charge in [0.1, 0.15) is 5.82 Å². The van der Waals surface area contributed by atoms with Crippen LogP contribution in [-0.4, -0.2) is 30.1 Å². The molecule has 2 aromatic heterocycles. The fourth-order valence-electron chi connectivity index (χ4n) is 3.55. The van der Waals surface area contributed by atoms with E-state index in [-0.39, 0.29) is 17.1 Å². The Balaban J connectivity index is 1.54. The summed E-state index contributed by atoms with van der Waals surface area (Å²) in [4.78, 5) is 24.8. The Hall–Kier alpha value is -3.68. The van der Waals surface area contributed by atoms with Gasteiger partial charge < -0.3 is 9.47 Å². The van der Waals surface area contributed by atoms with Gasteiger partial charge in [0.05, 0.1) is 29.2 Å². The van der Waals surface area contributed by atoms with Gasteiger partial charge in [-0.15, -0.1) is 0 Å². The smallest absolute Gasteiger partial charge is 0.269 e. The van der Waals surface area contributed by atoms with Crippen LogP contribution in [0.25, 0.3) is 11.9 Å². The van der Waals surface area contributed by atoms with Gasteiger partial charge in [-0.2, -0.15) is 5.10 Å². The van der Waals surface area contributed by atoms with Crippen molar-refractivity contribution in [3.63, 3.8) is 0 Å². The molecule has 0 aliphatic carbocycles. The van der Waals surface area contributed by atoms with Crippen molar-refractivity contribution in [1.29, 1.82) is 0 Å². The zero-order valence-electron chi connectivity index (χ0n) is 17.1. The summed E-state index contributed by atoms with van der Waals surface area (Å²) in [6.07, 6.45) is 7.14. The van der Waals surface area contributed by atoms with Crippen molar-refractivity contribution in [3.05, 3.63) is 81.8 Å². The van der Waals surface area contributed by atoms with E-state index < -0.39 is 4.92 Å². The van der Waals surface area contributed by atoms with Crippen molar-refractivity contribution in [1.82, 2.24) is 19.2 Å². The quantitative estimate of drug-likeness (QED) is 0.374. The predicted molar refractivity (Wildman–Crippen MR) is 113 cm³/mol. The number of carbonyl (C=O) groups is 1. The maximum absolute atomic E-state index is 12.7. The van der Waals surface area contributed by atoms with Crippen LogP contribution in [0.4, 0.5) is 5.69 Å². The average molecular weight is 405 g/mol. The van der Waals surface area contributed by atoms with E-state index in [1.165, 1.54) is 18.2 Å². The van der Waals surface area contributed by atoms with E-state index >= 15 is 0 Å². The van der Waals surface area contributed by atoms with Crippen LogP contribution in [0.15, 0.2) is 54.9 Å². The molecule has 0 radical (unpaired) electrons. The van der Waals surface area contributed by atoms with E-state index in [2.05, 4.69) is 20.8 Å². The molecule has 8 nitrogen and oxygen atoms in total. The molecule has 1 aliphatic heterocycles. The Morgan fingerprint density at radius 2 is 1.80 bits per heavy atom. The molecule has 0 spiro atoms. The molecular weight excluding hydrogens is 382 g/mol. The van der Waals surface area contributed by atoms with Crippen LogP contribution >= 0.6 is 0 Å². The van der Waals surface area contributed by atoms with Gasteiger partial charge in [-0.05, 0) is 56.7 Å². The van der Waals surface area contributed by atoms with Crippen molar-refractivity contribution in [2.45, 2.75) is 39.4 Å². The maximum Gasteiger partial charge on any atom is 0.269 e. The lowest BCUT2D eigenvalue weighted by atomic mass is 10.1. The summed E-state index contributed by atoms with van der Waals surface area (Å²) in [7, 11) is 0. The van der Waals surface area contributed by atoms with E-state index in [9.17, 15) is 14.9 Å². The fourth-order valence-corrected chi connectivity index (χ4v) is 3.55. The van der Waals surface area contributed by atoms with E-state index in [1.54, 1.807) is 23.1 Å². The summed E-state index contributed by atoms with van der Waals surface area (Å²) in [5, 5.41) is 15.6. The second-order valence-corrected chi connectivity index (χ2v) is 8.30. The van der Waals surface area contributed by atoms with Gasteiger partial charge in [-0.25, -0.2) is 4.68 Å². The summed E-state index contributed by atoms with van der Waals surface area (Å²) in [6.45, 7) is 7.27. The molecule has 0 bridgehead atoms. The highest BCUT2D eigenvalue weighted by Gasteiger charge is 2.33. The number of carbonyl (C=O) groups excluding carboxylic acids is 1. The van der Waals surface area contributed by atoms with Crippen molar-refractivity contribution in [3.8, 4) is 5.82 Å². The van der Waals surface area contributed by atoms with Crippen molar-refractivity contribution in [2.75, 3.05) is 0 Å². The third kappa shape index (κ3) is 3.63. The average Bonchev–Trinajstić information content (AvgIpc) is 3.41. The van der Waals surface area contributed by atoms with Gasteiger partial charge in [0.2, 0.25) is 5.91 Å². The number of benzene rings is 1. The zero-order chi connectivity index (χ0) is 21.5. The molecule has 8 heteroatoms. The largest absolute Gasteiger partial charge is 0.329 e. The number of nitro benzene ring substituents is 1. The normalized spacial score (nSPS) is 13.8. The van der Waals surface area contributed by atoms with E-state index in [0.717, 1.165) is 22.6 Å². The first-order chi connectivity index (χ1) is 14.2. The van der Waals surface area contributed by atoms with Crippen molar-refractivity contribution in [2.24, 2.45) is 0 Å². The minimum atomic E-state index is -0.445. The van der Waals surface area contributed by atoms with Crippen molar-refractivity contribution >= 4 is 17.7 Å². The standard InChI is InChI=1S/C22H23N5O3/c1-22(2,3)26-21(24-12-4-5-13-24)18-14-25(15-19(18)23-26)20(28)11-8-16-6-9-17(10-7-16)27(29)30/h4-13H,14-15H2,1-3H3/b11-8+. The zero-order valence-corrected chi connectivity index (χ0v) is 17.1. The molecular formula is C22H23N5O3. The minimum absolute atomic E-state index is 0.0248. The molecule has 1 amide bonds. The fraction of sp³-hybridized carbons (Fsp3) is 0.273. The van der Waals surface area contributed by atoms with Gasteiger partial charge in [-0.3, -0.25) is 14.9 Å². The molecule has 0 unspecified atom stereocenters. The minimum Gasteiger partial charge on any atom is -0.329 e. The lowest BCUT2D eigenvalue weighted by Gasteiger charge is -2.24. The third-order valence-electron chi connectivity index (χ3n) is 5.05. The Morgan fingerprint density at radius 3 is 2.40 bits per heavy atom. The summed E-state index contributed by atoms with van der Waals surface area (Å²) in [6, 6.07) is 10.0. The first-order valence-electron chi connectivity index (χ1n) is 9.70. The number of aromatic nitrogens is 3. The van der Waals surface area contributed by atoms with Gasteiger partial charge in [0.15, 0.2) is 0 Å². The molecule has 0 saturated carbocycles. The number of hydrogen-bond donors (Lipinski definition) is 0. The molecule has 1 aromatic carbocycles. The number of non-ortho nitro benzene ring substituents is 1. The van der Waals surface area contributed by atoms with Crippen LogP contribution < -0.4 is 0 Å². The molecule has 154 valence electrons. The van der Waals surface area contributed by atoms with Crippen LogP contribution in [0.5, 0.6) is 0 Å². The third-order valence-corrected chi connectivity index (χ3v) is 5.05. The van der Waals surface area contributed by atoms with E-state index in [4.69, 9.17) is 5.10 Å². The maximum atomic E-state index is 12.7. The second-order valence-electron chi connectivity index (χ2n) is 8.30. The SMILES string of the molecule is CC(C)(C)n1nc2c(c1-n1cccc1)CN(C(=O)/C=C/c1ccc([N+](=O)[O-])cc1)C2. The lowest BCUT2D eigenvalue weighted by molar-refractivity contribution is -0.384. The predicted octanol–water partition coefficient (Wildman–Crippen LogP) is 3.89. The Morgan fingerprint density at radius 1 is 1.13 bits per heavy atom. The summed E-state index contributed by atoms with van der Waals surface area (Å²) < 4.78 is 4.06. The number of nitro groups is 1. The molecule has 0 atom stereocenters. The number of hydrogen-bond acceptors (Lipinski definition) is 4. The van der Waals surface area contributed by atoms with Crippen molar-refractivity contribution < 1.29 is 9.72 Å². The highest BCUT2D eigenvalue weighted by Crippen LogP contribution is 2.32. The first-order valence-corrected chi connectivity index (χ1v) is 9.70. The Labute approximate surface area is 174 Å². The highest BCUT2D eigenvalue weighted by molar-refractivity contribution is 5.92. The summed E-state index contributed by atoms with van der Waals surface area (Å²) >= 11 is 0. The lowest BCUT2D eigenvalue weighted by Crippen LogP contribution is -2.29. The first kappa shape index (κ1) is 19.6. The molecule has 1 aliphatic rings. The van der Waals surface area contributed by atoms with E-state index in [0.29, 0.717) is 13.1 Å². The van der Waals surface area contributed by atoms with Gasteiger partial charge in [0, 0.05) is 36.2 Å². The number of nitrogens with zero attached hydrogens (tertiary/aromatic N) is 5. The Kier molecular flexibility index (Phi) is 4.77. The summed E-state index contributed by atoms with van der Waals surface area (Å²) in [5.41, 5.74) is 2.53. The molecule has 3 aromatic rings. The van der Waals surface area contributed by atoms with E-state index in [1.807, 2.05) is 33.8 Å². The van der Waals surface area contributed by atoms with Gasteiger partial charge in [0.25, 0.3) is 5.69 Å². The molecule has 3 heterocycles. The molecule has 0 fully saturated rings. The number of fused-ring (bicyclic) bond motifs is 1. The number of amides is 1. The molecule has 30 heavy (non-hydrogen) atoms. The van der Waals surface area contributed by atoms with Gasteiger partial charge in [-0.1, -0.05) is 0 Å². The van der Waals surface area contributed by atoms with Crippen LogP contribution in [0.1, 0.15) is 37.6 Å². The van der Waals surface area contributed by atoms with Crippen LogP contribution in [0.2, 0.25) is 0 Å². The van der Waals surface area contributed by atoms with Gasteiger partial charge >= 0.3 is 0 Å². The number of rotatable bonds is 4. The van der Waals surface area contributed by atoms with Crippen LogP contribution in [0.3, 0.4) is 0 Å². The van der Waals surface area contributed by atoms with Crippen LogP contribution in [0, 0.1) is 10.1 Å². The topological polar surface area (TPSA) is 86.2 Å².